The van der Waals surface area contributed by atoms with E-state index in [4.69, 9.17) is 8.83 Å². The Hall–Kier alpha value is -6.32. The molecule has 0 aliphatic carbocycles. The standard InChI is InChI=1S/C44H27NO2/c1-2-11-31-26-43-38(25-30(31)10-1)39-27-33(23-24-42(39)46-43)45(40-17-8-16-37-36-14-5-6-18-41(36)47-44(37)40)32-21-19-29(20-22-32)35-15-7-12-28-9-3-4-13-34(28)35/h1-27H. The molecular formula is C44H27NO2. The number of rotatable bonds is 4. The smallest absolute Gasteiger partial charge is 0.159 e. The second-order valence-electron chi connectivity index (χ2n) is 12.1. The van der Waals surface area contributed by atoms with Gasteiger partial charge in [0.25, 0.3) is 0 Å². The molecule has 0 radical (unpaired) electrons. The van der Waals surface area contributed by atoms with Gasteiger partial charge >= 0.3 is 0 Å². The van der Waals surface area contributed by atoms with Gasteiger partial charge in [0.2, 0.25) is 0 Å². The molecule has 3 heteroatoms. The molecule has 220 valence electrons. The van der Waals surface area contributed by atoms with Gasteiger partial charge in [-0.1, -0.05) is 109 Å². The second kappa shape index (κ2) is 10.1. The molecule has 8 aromatic carbocycles. The highest BCUT2D eigenvalue weighted by Gasteiger charge is 2.21. The van der Waals surface area contributed by atoms with Gasteiger partial charge in [0.05, 0.1) is 5.69 Å². The van der Waals surface area contributed by atoms with Gasteiger partial charge in [0, 0.05) is 32.9 Å². The van der Waals surface area contributed by atoms with Crippen molar-refractivity contribution in [3.8, 4) is 11.1 Å². The first-order valence-electron chi connectivity index (χ1n) is 15.9. The summed E-state index contributed by atoms with van der Waals surface area (Å²) < 4.78 is 13.0. The van der Waals surface area contributed by atoms with E-state index < -0.39 is 0 Å². The van der Waals surface area contributed by atoms with E-state index in [0.29, 0.717) is 0 Å². The average Bonchev–Trinajstić information content (AvgIpc) is 3.69. The summed E-state index contributed by atoms with van der Waals surface area (Å²) in [7, 11) is 0. The Bertz CT molecular complexity index is 2800. The third kappa shape index (κ3) is 4.07. The van der Waals surface area contributed by atoms with E-state index in [9.17, 15) is 0 Å². The Labute approximate surface area is 270 Å². The van der Waals surface area contributed by atoms with E-state index in [2.05, 4.69) is 157 Å². The fourth-order valence-corrected chi connectivity index (χ4v) is 7.19. The van der Waals surface area contributed by atoms with Crippen molar-refractivity contribution >= 4 is 82.5 Å². The van der Waals surface area contributed by atoms with Gasteiger partial charge in [-0.2, -0.15) is 0 Å². The number of nitrogens with zero attached hydrogens (tertiary/aromatic N) is 1. The normalized spacial score (nSPS) is 11.8. The van der Waals surface area contributed by atoms with E-state index in [1.807, 2.05) is 12.1 Å². The lowest BCUT2D eigenvalue weighted by molar-refractivity contribution is 0.669. The van der Waals surface area contributed by atoms with E-state index in [0.717, 1.165) is 60.9 Å². The van der Waals surface area contributed by atoms with Gasteiger partial charge in [-0.3, -0.25) is 0 Å². The van der Waals surface area contributed by atoms with E-state index in [1.54, 1.807) is 0 Å². The Kier molecular flexibility index (Phi) is 5.57. The molecule has 0 saturated carbocycles. The highest BCUT2D eigenvalue weighted by atomic mass is 16.3. The third-order valence-electron chi connectivity index (χ3n) is 9.43. The van der Waals surface area contributed by atoms with Gasteiger partial charge in [-0.25, -0.2) is 0 Å². The molecule has 0 aliphatic heterocycles. The third-order valence-corrected chi connectivity index (χ3v) is 9.43. The maximum atomic E-state index is 6.58. The number of para-hydroxylation sites is 2. The largest absolute Gasteiger partial charge is 0.456 e. The summed E-state index contributed by atoms with van der Waals surface area (Å²) in [6.07, 6.45) is 0. The molecule has 10 aromatic rings. The van der Waals surface area contributed by atoms with Crippen LogP contribution < -0.4 is 4.90 Å². The molecule has 0 fully saturated rings. The fraction of sp³-hybridized carbons (Fsp3) is 0. The van der Waals surface area contributed by atoms with Crippen LogP contribution in [0.25, 0.3) is 76.5 Å². The molecule has 0 bridgehead atoms. The second-order valence-corrected chi connectivity index (χ2v) is 12.1. The van der Waals surface area contributed by atoms with Crippen LogP contribution in [-0.2, 0) is 0 Å². The molecule has 2 aromatic heterocycles. The zero-order valence-electron chi connectivity index (χ0n) is 25.4. The maximum absolute atomic E-state index is 6.58. The Morgan fingerprint density at radius 2 is 1.00 bits per heavy atom. The fourth-order valence-electron chi connectivity index (χ4n) is 7.19. The van der Waals surface area contributed by atoms with Crippen LogP contribution in [0.3, 0.4) is 0 Å². The van der Waals surface area contributed by atoms with Crippen molar-refractivity contribution in [2.45, 2.75) is 0 Å². The number of furan rings is 2. The zero-order valence-corrected chi connectivity index (χ0v) is 25.4. The van der Waals surface area contributed by atoms with Crippen molar-refractivity contribution in [1.82, 2.24) is 0 Å². The molecule has 0 unspecified atom stereocenters. The van der Waals surface area contributed by atoms with Crippen LogP contribution in [0.4, 0.5) is 17.1 Å². The Morgan fingerprint density at radius 1 is 0.362 bits per heavy atom. The molecule has 0 N–H and O–H groups in total. The molecule has 0 amide bonds. The summed E-state index contributed by atoms with van der Waals surface area (Å²) in [5.74, 6) is 0. The SMILES string of the molecule is c1ccc2cc3c(cc2c1)oc1ccc(N(c2ccc(-c4cccc5ccccc45)cc2)c2cccc4c2oc2ccccc24)cc13. The zero-order chi connectivity index (χ0) is 30.9. The van der Waals surface area contributed by atoms with Crippen LogP contribution in [-0.4, -0.2) is 0 Å². The summed E-state index contributed by atoms with van der Waals surface area (Å²) in [5.41, 5.74) is 8.94. The minimum atomic E-state index is 0.856. The molecule has 0 atom stereocenters. The van der Waals surface area contributed by atoms with Gasteiger partial charge in [-0.15, -0.1) is 0 Å². The molecule has 0 saturated heterocycles. The predicted molar refractivity (Wildman–Crippen MR) is 196 cm³/mol. The maximum Gasteiger partial charge on any atom is 0.159 e. The van der Waals surface area contributed by atoms with Gasteiger partial charge in [0.15, 0.2) is 5.58 Å². The first kappa shape index (κ1) is 26.0. The molecule has 3 nitrogen and oxygen atoms in total. The Morgan fingerprint density at radius 3 is 1.87 bits per heavy atom. The number of hydrogen-bond acceptors (Lipinski definition) is 3. The molecule has 10 rings (SSSR count). The van der Waals surface area contributed by atoms with E-state index >= 15 is 0 Å². The van der Waals surface area contributed by atoms with Crippen LogP contribution in [0, 0.1) is 0 Å². The summed E-state index contributed by atoms with van der Waals surface area (Å²) >= 11 is 0. The highest BCUT2D eigenvalue weighted by molar-refractivity contribution is 6.13. The lowest BCUT2D eigenvalue weighted by atomic mass is 9.98. The van der Waals surface area contributed by atoms with Crippen LogP contribution >= 0.6 is 0 Å². The van der Waals surface area contributed by atoms with Gasteiger partial charge in [0.1, 0.15) is 16.7 Å². The summed E-state index contributed by atoms with van der Waals surface area (Å²) in [5, 5.41) is 9.24. The van der Waals surface area contributed by atoms with Crippen molar-refractivity contribution < 1.29 is 8.83 Å². The molecular weight excluding hydrogens is 574 g/mol. The topological polar surface area (TPSA) is 29.5 Å². The van der Waals surface area contributed by atoms with Crippen molar-refractivity contribution in [2.24, 2.45) is 0 Å². The number of fused-ring (bicyclic) bond motifs is 8. The minimum absolute atomic E-state index is 0.856. The summed E-state index contributed by atoms with van der Waals surface area (Å²) in [6, 6.07) is 57.9. The first-order chi connectivity index (χ1) is 23.3. The van der Waals surface area contributed by atoms with Crippen molar-refractivity contribution in [1.29, 1.82) is 0 Å². The summed E-state index contributed by atoms with van der Waals surface area (Å²) in [6.45, 7) is 0. The molecule has 2 heterocycles. The number of hydrogen-bond donors (Lipinski definition) is 0. The molecule has 0 spiro atoms. The number of benzene rings is 8. The monoisotopic (exact) mass is 601 g/mol. The molecule has 47 heavy (non-hydrogen) atoms. The number of anilines is 3. The molecule has 0 aliphatic rings. The van der Waals surface area contributed by atoms with Gasteiger partial charge < -0.3 is 13.7 Å². The minimum Gasteiger partial charge on any atom is -0.456 e. The van der Waals surface area contributed by atoms with E-state index in [1.165, 1.54) is 32.7 Å². The first-order valence-corrected chi connectivity index (χ1v) is 15.9. The predicted octanol–water partition coefficient (Wildman–Crippen LogP) is 12.9. The lowest BCUT2D eigenvalue weighted by Gasteiger charge is -2.26. The van der Waals surface area contributed by atoms with Crippen LogP contribution in [0.5, 0.6) is 0 Å². The Balaban J connectivity index is 1.19. The van der Waals surface area contributed by atoms with Crippen LogP contribution in [0.2, 0.25) is 0 Å². The average molecular weight is 602 g/mol. The van der Waals surface area contributed by atoms with E-state index in [-0.39, 0.29) is 0 Å². The van der Waals surface area contributed by atoms with Crippen molar-refractivity contribution in [3.63, 3.8) is 0 Å². The summed E-state index contributed by atoms with van der Waals surface area (Å²) in [4.78, 5) is 2.30. The highest BCUT2D eigenvalue weighted by Crippen LogP contribution is 2.44. The lowest BCUT2D eigenvalue weighted by Crippen LogP contribution is -2.10. The van der Waals surface area contributed by atoms with Crippen LogP contribution in [0.15, 0.2) is 173 Å². The van der Waals surface area contributed by atoms with Crippen LogP contribution in [0.1, 0.15) is 0 Å². The quantitative estimate of drug-likeness (QED) is 0.201. The van der Waals surface area contributed by atoms with Crippen molar-refractivity contribution in [2.75, 3.05) is 4.90 Å². The van der Waals surface area contributed by atoms with Gasteiger partial charge in [-0.05, 0) is 87.3 Å². The van der Waals surface area contributed by atoms with Crippen molar-refractivity contribution in [3.05, 3.63) is 164 Å².